The van der Waals surface area contributed by atoms with Gasteiger partial charge in [-0.2, -0.15) is 0 Å². The summed E-state index contributed by atoms with van der Waals surface area (Å²) in [5.41, 5.74) is 2.93. The van der Waals surface area contributed by atoms with E-state index in [2.05, 4.69) is 11.5 Å². The number of rotatable bonds is 2. The van der Waals surface area contributed by atoms with Crippen molar-refractivity contribution >= 4 is 11.7 Å². The van der Waals surface area contributed by atoms with E-state index in [4.69, 9.17) is 0 Å². The number of amides is 1. The van der Waals surface area contributed by atoms with Gasteiger partial charge in [0.2, 0.25) is 5.91 Å². The molecule has 0 N–H and O–H groups in total. The molecule has 1 unspecified atom stereocenters. The lowest BCUT2D eigenvalue weighted by molar-refractivity contribution is -0.134. The molecule has 4 heteroatoms. The van der Waals surface area contributed by atoms with E-state index in [-0.39, 0.29) is 17.6 Å². The molecule has 0 aromatic rings. The molecule has 0 bridgehead atoms. The van der Waals surface area contributed by atoms with E-state index in [0.717, 1.165) is 36.4 Å². The van der Waals surface area contributed by atoms with Gasteiger partial charge in [0.25, 0.3) is 0 Å². The Morgan fingerprint density at radius 3 is 2.53 bits per heavy atom. The third-order valence-electron chi connectivity index (χ3n) is 4.26. The average Bonchev–Trinajstić information content (AvgIpc) is 2.35. The summed E-state index contributed by atoms with van der Waals surface area (Å²) in [6.45, 7) is 9.76. The quantitative estimate of drug-likeness (QED) is 0.710. The van der Waals surface area contributed by atoms with E-state index in [1.165, 1.54) is 0 Å². The molecule has 1 atom stereocenters. The van der Waals surface area contributed by atoms with Crippen LogP contribution in [0.5, 0.6) is 0 Å². The van der Waals surface area contributed by atoms with Crippen LogP contribution in [-0.4, -0.2) is 48.2 Å². The minimum Gasteiger partial charge on any atom is -0.363 e. The minimum atomic E-state index is 0.122. The summed E-state index contributed by atoms with van der Waals surface area (Å²) >= 11 is 0. The Labute approximate surface area is 114 Å². The SMILES string of the molecule is C=C(C)C1CC(=O)C(C)=C(N2CCN(C)C(=O)C2)C1. The highest BCUT2D eigenvalue weighted by Crippen LogP contribution is 2.33. The van der Waals surface area contributed by atoms with Gasteiger partial charge in [-0.25, -0.2) is 0 Å². The van der Waals surface area contributed by atoms with Gasteiger partial charge in [0, 0.05) is 37.8 Å². The highest BCUT2D eigenvalue weighted by atomic mass is 16.2. The Morgan fingerprint density at radius 1 is 1.26 bits per heavy atom. The minimum absolute atomic E-state index is 0.122. The van der Waals surface area contributed by atoms with E-state index in [1.54, 1.807) is 4.90 Å². The topological polar surface area (TPSA) is 40.6 Å². The molecule has 0 saturated carbocycles. The van der Waals surface area contributed by atoms with Crippen LogP contribution >= 0.6 is 0 Å². The van der Waals surface area contributed by atoms with Crippen molar-refractivity contribution in [1.29, 1.82) is 0 Å². The number of piperazine rings is 1. The van der Waals surface area contributed by atoms with Crippen LogP contribution in [-0.2, 0) is 9.59 Å². The molecule has 1 amide bonds. The molecule has 0 aromatic carbocycles. The van der Waals surface area contributed by atoms with Gasteiger partial charge >= 0.3 is 0 Å². The number of hydrogen-bond acceptors (Lipinski definition) is 3. The molecule has 0 radical (unpaired) electrons. The van der Waals surface area contributed by atoms with Crippen LogP contribution < -0.4 is 0 Å². The number of likely N-dealkylation sites (N-methyl/N-ethyl adjacent to an activating group) is 1. The van der Waals surface area contributed by atoms with Crippen LogP contribution in [0.2, 0.25) is 0 Å². The maximum Gasteiger partial charge on any atom is 0.241 e. The summed E-state index contributed by atoms with van der Waals surface area (Å²) in [7, 11) is 1.82. The van der Waals surface area contributed by atoms with Crippen molar-refractivity contribution in [2.24, 2.45) is 5.92 Å². The van der Waals surface area contributed by atoms with Gasteiger partial charge in [-0.15, -0.1) is 0 Å². The number of hydrogen-bond donors (Lipinski definition) is 0. The Balaban J connectivity index is 2.22. The van der Waals surface area contributed by atoms with Crippen LogP contribution in [0.4, 0.5) is 0 Å². The molecule has 1 fully saturated rings. The maximum atomic E-state index is 12.1. The van der Waals surface area contributed by atoms with E-state index < -0.39 is 0 Å². The Hall–Kier alpha value is -1.58. The second-order valence-electron chi connectivity index (χ2n) is 5.68. The smallest absolute Gasteiger partial charge is 0.241 e. The molecular formula is C15H22N2O2. The predicted molar refractivity (Wildman–Crippen MR) is 74.5 cm³/mol. The van der Waals surface area contributed by atoms with Gasteiger partial charge in [0.1, 0.15) is 0 Å². The van der Waals surface area contributed by atoms with Gasteiger partial charge in [-0.1, -0.05) is 12.2 Å². The molecule has 1 aliphatic carbocycles. The number of carbonyl (C=O) groups is 2. The zero-order chi connectivity index (χ0) is 14.2. The summed E-state index contributed by atoms with van der Waals surface area (Å²) in [6, 6.07) is 0. The first-order chi connectivity index (χ1) is 8.90. The molecule has 0 aromatic heterocycles. The lowest BCUT2D eigenvalue weighted by atomic mass is 9.82. The monoisotopic (exact) mass is 262 g/mol. The van der Waals surface area contributed by atoms with Crippen molar-refractivity contribution in [3.63, 3.8) is 0 Å². The Kier molecular flexibility index (Phi) is 3.78. The first-order valence-corrected chi connectivity index (χ1v) is 6.77. The molecule has 4 nitrogen and oxygen atoms in total. The van der Waals surface area contributed by atoms with E-state index in [9.17, 15) is 9.59 Å². The van der Waals surface area contributed by atoms with Gasteiger partial charge in [-0.05, 0) is 26.2 Å². The second kappa shape index (κ2) is 5.19. The fourth-order valence-electron chi connectivity index (χ4n) is 2.70. The van der Waals surface area contributed by atoms with Gasteiger partial charge in [0.05, 0.1) is 6.54 Å². The molecule has 1 heterocycles. The summed E-state index contributed by atoms with van der Waals surface area (Å²) in [6.07, 6.45) is 1.40. The molecule has 19 heavy (non-hydrogen) atoms. The normalized spacial score (nSPS) is 25.1. The van der Waals surface area contributed by atoms with E-state index in [0.29, 0.717) is 13.0 Å². The first-order valence-electron chi connectivity index (χ1n) is 6.77. The van der Waals surface area contributed by atoms with Crippen molar-refractivity contribution in [2.45, 2.75) is 26.7 Å². The molecule has 2 aliphatic rings. The summed E-state index contributed by atoms with van der Waals surface area (Å²) in [4.78, 5) is 27.7. The van der Waals surface area contributed by atoms with Crippen LogP contribution in [0, 0.1) is 5.92 Å². The molecular weight excluding hydrogens is 240 g/mol. The van der Waals surface area contributed by atoms with Gasteiger partial charge in [0.15, 0.2) is 5.78 Å². The maximum absolute atomic E-state index is 12.1. The highest BCUT2D eigenvalue weighted by molar-refractivity contribution is 5.96. The van der Waals surface area contributed by atoms with Crippen LogP contribution in [0.25, 0.3) is 0 Å². The predicted octanol–water partition coefficient (Wildman–Crippen LogP) is 1.59. The molecule has 1 aliphatic heterocycles. The fourth-order valence-corrected chi connectivity index (χ4v) is 2.70. The second-order valence-corrected chi connectivity index (χ2v) is 5.68. The molecule has 104 valence electrons. The summed E-state index contributed by atoms with van der Waals surface area (Å²) in [5.74, 6) is 0.540. The van der Waals surface area contributed by atoms with E-state index in [1.807, 2.05) is 20.9 Å². The van der Waals surface area contributed by atoms with E-state index >= 15 is 0 Å². The zero-order valence-electron chi connectivity index (χ0n) is 12.0. The average molecular weight is 262 g/mol. The molecule has 1 saturated heterocycles. The van der Waals surface area contributed by atoms with Crippen LogP contribution in [0.1, 0.15) is 26.7 Å². The van der Waals surface area contributed by atoms with Crippen molar-refractivity contribution in [2.75, 3.05) is 26.7 Å². The Bertz CT molecular complexity index is 465. The third kappa shape index (κ3) is 2.72. The zero-order valence-corrected chi connectivity index (χ0v) is 12.0. The summed E-state index contributed by atoms with van der Waals surface area (Å²) in [5, 5.41) is 0. The van der Waals surface area contributed by atoms with Gasteiger partial charge in [-0.3, -0.25) is 9.59 Å². The fraction of sp³-hybridized carbons (Fsp3) is 0.600. The number of carbonyl (C=O) groups excluding carboxylic acids is 2. The molecule has 0 spiro atoms. The number of nitrogens with zero attached hydrogens (tertiary/aromatic N) is 2. The van der Waals surface area contributed by atoms with Gasteiger partial charge < -0.3 is 9.80 Å². The largest absolute Gasteiger partial charge is 0.363 e. The summed E-state index contributed by atoms with van der Waals surface area (Å²) < 4.78 is 0. The highest BCUT2D eigenvalue weighted by Gasteiger charge is 2.31. The van der Waals surface area contributed by atoms with Crippen molar-refractivity contribution in [1.82, 2.24) is 9.80 Å². The number of ketones is 1. The number of Topliss-reactive ketones (excluding diaryl/α,β-unsaturated/α-hetero) is 1. The third-order valence-corrected chi connectivity index (χ3v) is 4.26. The lowest BCUT2D eigenvalue weighted by Crippen LogP contribution is -2.49. The van der Waals surface area contributed by atoms with Crippen LogP contribution in [0.3, 0.4) is 0 Å². The lowest BCUT2D eigenvalue weighted by Gasteiger charge is -2.38. The Morgan fingerprint density at radius 2 is 1.95 bits per heavy atom. The van der Waals surface area contributed by atoms with Crippen molar-refractivity contribution in [3.05, 3.63) is 23.4 Å². The standard InChI is InChI=1S/C15H22N2O2/c1-10(2)12-7-13(11(3)14(18)8-12)17-6-5-16(4)15(19)9-17/h12H,1,5-9H2,2-4H3. The first kappa shape index (κ1) is 13.8. The number of allylic oxidation sites excluding steroid dienone is 3. The van der Waals surface area contributed by atoms with Crippen molar-refractivity contribution in [3.8, 4) is 0 Å². The van der Waals surface area contributed by atoms with Crippen molar-refractivity contribution < 1.29 is 9.59 Å². The van der Waals surface area contributed by atoms with Crippen LogP contribution in [0.15, 0.2) is 23.4 Å². The molecule has 2 rings (SSSR count).